The van der Waals surface area contributed by atoms with Gasteiger partial charge in [-0.05, 0) is 0 Å². The van der Waals surface area contributed by atoms with Crippen LogP contribution >= 0.6 is 11.6 Å². The lowest BCUT2D eigenvalue weighted by atomic mass is 10.2. The monoisotopic (exact) mass is 136 g/mol. The Balaban J connectivity index is 3.63. The molecular weight excluding hydrogens is 128 g/mol. The van der Waals surface area contributed by atoms with E-state index in [4.69, 9.17) is 22.5 Å². The summed E-state index contributed by atoms with van der Waals surface area (Å²) in [5.41, 5.74) is 5.14. The fourth-order valence-electron chi connectivity index (χ4n) is 0.178. The van der Waals surface area contributed by atoms with Crippen molar-refractivity contribution in [2.75, 3.05) is 5.88 Å². The van der Waals surface area contributed by atoms with Crippen molar-refractivity contribution < 1.29 is 5.21 Å². The number of halogens is 1. The summed E-state index contributed by atoms with van der Waals surface area (Å²) in [4.78, 5) is 0. The third-order valence-electron chi connectivity index (χ3n) is 0.852. The quantitative estimate of drug-likeness (QED) is 0.192. The Morgan fingerprint density at radius 2 is 2.50 bits per heavy atom. The molecule has 3 nitrogen and oxygen atoms in total. The van der Waals surface area contributed by atoms with Crippen molar-refractivity contribution in [2.24, 2.45) is 16.8 Å². The van der Waals surface area contributed by atoms with Gasteiger partial charge in [0.25, 0.3) is 0 Å². The summed E-state index contributed by atoms with van der Waals surface area (Å²) in [7, 11) is 0. The van der Waals surface area contributed by atoms with Crippen molar-refractivity contribution in [3.05, 3.63) is 0 Å². The highest BCUT2D eigenvalue weighted by Gasteiger charge is 2.03. The molecule has 0 radical (unpaired) electrons. The van der Waals surface area contributed by atoms with E-state index in [-0.39, 0.29) is 11.8 Å². The van der Waals surface area contributed by atoms with Crippen molar-refractivity contribution in [1.82, 2.24) is 0 Å². The predicted molar refractivity (Wildman–Crippen MR) is 33.3 cm³/mol. The maximum Gasteiger partial charge on any atom is 0.143 e. The van der Waals surface area contributed by atoms with Gasteiger partial charge in [0.2, 0.25) is 0 Å². The molecule has 0 aromatic carbocycles. The fourth-order valence-corrected chi connectivity index (χ4v) is 0.336. The molecule has 48 valence electrons. The zero-order valence-corrected chi connectivity index (χ0v) is 5.39. The average molecular weight is 137 g/mol. The minimum absolute atomic E-state index is 0.0401. The van der Waals surface area contributed by atoms with Crippen LogP contribution in [0.4, 0.5) is 0 Å². The van der Waals surface area contributed by atoms with Gasteiger partial charge in [-0.1, -0.05) is 12.1 Å². The van der Waals surface area contributed by atoms with Gasteiger partial charge in [-0.3, -0.25) is 0 Å². The van der Waals surface area contributed by atoms with Gasteiger partial charge in [0.15, 0.2) is 0 Å². The number of oxime groups is 1. The number of hydrogen-bond donors (Lipinski definition) is 2. The van der Waals surface area contributed by atoms with Gasteiger partial charge in [-0.2, -0.15) is 0 Å². The summed E-state index contributed by atoms with van der Waals surface area (Å²) >= 11 is 5.35. The van der Waals surface area contributed by atoms with Gasteiger partial charge in [0.1, 0.15) is 5.84 Å². The lowest BCUT2D eigenvalue weighted by molar-refractivity contribution is 0.315. The number of hydrogen-bond acceptors (Lipinski definition) is 2. The molecule has 0 unspecified atom stereocenters. The van der Waals surface area contributed by atoms with Crippen LogP contribution in [0.5, 0.6) is 0 Å². The minimum atomic E-state index is -0.0401. The Morgan fingerprint density at radius 1 is 2.00 bits per heavy atom. The first kappa shape index (κ1) is 7.56. The van der Waals surface area contributed by atoms with Gasteiger partial charge in [-0.15, -0.1) is 11.6 Å². The van der Waals surface area contributed by atoms with Crippen LogP contribution in [0, 0.1) is 5.92 Å². The summed E-state index contributed by atoms with van der Waals surface area (Å²) in [6.45, 7) is 1.78. The molecule has 0 fully saturated rings. The summed E-state index contributed by atoms with van der Waals surface area (Å²) in [5, 5.41) is 10.8. The van der Waals surface area contributed by atoms with E-state index in [0.717, 1.165) is 0 Å². The van der Waals surface area contributed by atoms with E-state index in [1.165, 1.54) is 0 Å². The zero-order valence-electron chi connectivity index (χ0n) is 4.63. The molecular formula is C4H9ClN2O. The molecule has 0 aliphatic carbocycles. The largest absolute Gasteiger partial charge is 0.409 e. The van der Waals surface area contributed by atoms with E-state index in [0.29, 0.717) is 5.88 Å². The first-order valence-electron chi connectivity index (χ1n) is 2.25. The normalized spacial score (nSPS) is 16.0. The van der Waals surface area contributed by atoms with Gasteiger partial charge in [0, 0.05) is 11.8 Å². The van der Waals surface area contributed by atoms with E-state index in [1.54, 1.807) is 6.92 Å². The number of rotatable bonds is 2. The topological polar surface area (TPSA) is 58.6 Å². The number of nitrogens with two attached hydrogens (primary N) is 1. The van der Waals surface area contributed by atoms with Crippen molar-refractivity contribution in [1.29, 1.82) is 0 Å². The molecule has 0 aliphatic heterocycles. The van der Waals surface area contributed by atoms with Crippen LogP contribution in [-0.4, -0.2) is 16.9 Å². The molecule has 0 amide bonds. The predicted octanol–water partition coefficient (Wildman–Crippen LogP) is 0.608. The first-order chi connectivity index (χ1) is 3.72. The molecule has 8 heavy (non-hydrogen) atoms. The average Bonchev–Trinajstić information content (AvgIpc) is 1.84. The van der Waals surface area contributed by atoms with E-state index in [1.807, 2.05) is 0 Å². The molecule has 0 aromatic rings. The van der Waals surface area contributed by atoms with Gasteiger partial charge in [-0.25, -0.2) is 0 Å². The van der Waals surface area contributed by atoms with Gasteiger partial charge < -0.3 is 10.9 Å². The summed E-state index contributed by atoms with van der Waals surface area (Å²) < 4.78 is 0. The van der Waals surface area contributed by atoms with Crippen molar-refractivity contribution in [3.8, 4) is 0 Å². The Morgan fingerprint density at radius 3 is 2.62 bits per heavy atom. The molecule has 0 heterocycles. The molecule has 1 atom stereocenters. The number of alkyl halides is 1. The maximum atomic E-state index is 8.04. The lowest BCUT2D eigenvalue weighted by Gasteiger charge is -2.01. The maximum absolute atomic E-state index is 8.04. The Bertz CT molecular complexity index is 94.0. The van der Waals surface area contributed by atoms with Crippen molar-refractivity contribution in [2.45, 2.75) is 6.92 Å². The smallest absolute Gasteiger partial charge is 0.143 e. The standard InChI is InChI=1S/C4H9ClN2O/c1-3(2-5)4(6)7-8/h3,8H,2H2,1H3,(H2,6,7)/t3-/m0/s1. The second kappa shape index (κ2) is 3.55. The molecule has 0 bridgehead atoms. The van der Waals surface area contributed by atoms with Crippen molar-refractivity contribution in [3.63, 3.8) is 0 Å². The molecule has 3 N–H and O–H groups in total. The third-order valence-corrected chi connectivity index (χ3v) is 1.31. The highest BCUT2D eigenvalue weighted by atomic mass is 35.5. The summed E-state index contributed by atoms with van der Waals surface area (Å²) in [5.74, 6) is 0.525. The second-order valence-corrected chi connectivity index (χ2v) is 1.89. The van der Waals surface area contributed by atoms with E-state index in [9.17, 15) is 0 Å². The molecule has 0 aromatic heterocycles. The van der Waals surface area contributed by atoms with E-state index < -0.39 is 0 Å². The van der Waals surface area contributed by atoms with Gasteiger partial charge in [0.05, 0.1) is 0 Å². The van der Waals surface area contributed by atoms with E-state index in [2.05, 4.69) is 5.16 Å². The molecule has 0 spiro atoms. The SMILES string of the molecule is C[C@@H](CCl)/C(N)=N\O. The highest BCUT2D eigenvalue weighted by molar-refractivity contribution is 6.19. The molecule has 4 heteroatoms. The van der Waals surface area contributed by atoms with Crippen LogP contribution in [0.25, 0.3) is 0 Å². The number of nitrogens with zero attached hydrogens (tertiary/aromatic N) is 1. The fraction of sp³-hybridized carbons (Fsp3) is 0.750. The van der Waals surface area contributed by atoms with E-state index >= 15 is 0 Å². The number of amidine groups is 1. The molecule has 0 rings (SSSR count). The molecule has 0 saturated heterocycles. The van der Waals surface area contributed by atoms with Crippen molar-refractivity contribution >= 4 is 17.4 Å². The van der Waals surface area contributed by atoms with Crippen LogP contribution in [-0.2, 0) is 0 Å². The minimum Gasteiger partial charge on any atom is -0.409 e. The van der Waals surface area contributed by atoms with Crippen LogP contribution in [0.15, 0.2) is 5.16 Å². The first-order valence-corrected chi connectivity index (χ1v) is 2.79. The Kier molecular flexibility index (Phi) is 3.35. The summed E-state index contributed by atoms with van der Waals surface area (Å²) in [6, 6.07) is 0. The summed E-state index contributed by atoms with van der Waals surface area (Å²) in [6.07, 6.45) is 0. The highest BCUT2D eigenvalue weighted by Crippen LogP contribution is 1.95. The molecule has 0 saturated carbocycles. The van der Waals surface area contributed by atoms with Crippen LogP contribution in [0.1, 0.15) is 6.92 Å². The molecule has 0 aliphatic rings. The van der Waals surface area contributed by atoms with Crippen LogP contribution in [0.3, 0.4) is 0 Å². The Labute approximate surface area is 53.1 Å². The second-order valence-electron chi connectivity index (χ2n) is 1.58. The Hall–Kier alpha value is -0.440. The lowest BCUT2D eigenvalue weighted by Crippen LogP contribution is -2.22. The third kappa shape index (κ3) is 2.02. The van der Waals surface area contributed by atoms with Gasteiger partial charge >= 0.3 is 0 Å². The van der Waals surface area contributed by atoms with Crippen LogP contribution < -0.4 is 5.73 Å². The zero-order chi connectivity index (χ0) is 6.57. The van der Waals surface area contributed by atoms with Crippen LogP contribution in [0.2, 0.25) is 0 Å².